The molecule has 0 bridgehead atoms. The minimum absolute atomic E-state index is 0.261. The number of ether oxygens (including phenoxy) is 1. The van der Waals surface area contributed by atoms with Gasteiger partial charge in [0.05, 0.1) is 23.9 Å². The van der Waals surface area contributed by atoms with Crippen LogP contribution in [0.4, 0.5) is 17.2 Å². The van der Waals surface area contributed by atoms with Crippen molar-refractivity contribution in [2.45, 2.75) is 6.92 Å². The van der Waals surface area contributed by atoms with Gasteiger partial charge in [-0.05, 0) is 55.5 Å². The smallest absolute Gasteiger partial charge is 0.255 e. The summed E-state index contributed by atoms with van der Waals surface area (Å²) in [6, 6.07) is 19.6. The lowest BCUT2D eigenvalue weighted by Crippen LogP contribution is -2.12. The Morgan fingerprint density at radius 2 is 1.93 bits per heavy atom. The van der Waals surface area contributed by atoms with E-state index in [1.165, 1.54) is 0 Å². The zero-order valence-electron chi connectivity index (χ0n) is 14.8. The van der Waals surface area contributed by atoms with E-state index in [9.17, 15) is 4.79 Å². The van der Waals surface area contributed by atoms with Crippen molar-refractivity contribution in [3.8, 4) is 11.8 Å². The first-order valence-corrected chi connectivity index (χ1v) is 8.46. The van der Waals surface area contributed by atoms with E-state index in [0.29, 0.717) is 35.0 Å². The topological polar surface area (TPSA) is 87.0 Å². The summed E-state index contributed by atoms with van der Waals surface area (Å²) in [6.45, 7) is 2.47. The number of carbonyl (C=O) groups excluding carboxylic acids is 1. The third-order valence-corrected chi connectivity index (χ3v) is 3.74. The molecule has 134 valence electrons. The molecule has 6 heteroatoms. The predicted molar refractivity (Wildman–Crippen MR) is 104 cm³/mol. The third-order valence-electron chi connectivity index (χ3n) is 3.74. The number of rotatable bonds is 6. The highest BCUT2D eigenvalue weighted by Crippen LogP contribution is 2.27. The van der Waals surface area contributed by atoms with Gasteiger partial charge in [-0.25, -0.2) is 4.98 Å². The highest BCUT2D eigenvalue weighted by Gasteiger charge is 2.09. The maximum absolute atomic E-state index is 12.5. The maximum Gasteiger partial charge on any atom is 0.255 e. The number of nitrogens with one attached hydrogen (secondary N) is 2. The lowest BCUT2D eigenvalue weighted by Gasteiger charge is -2.12. The van der Waals surface area contributed by atoms with Crippen molar-refractivity contribution in [3.05, 3.63) is 78.0 Å². The molecule has 1 aromatic heterocycles. The van der Waals surface area contributed by atoms with Crippen LogP contribution in [-0.4, -0.2) is 17.5 Å². The number of carbonyl (C=O) groups is 1. The van der Waals surface area contributed by atoms with Gasteiger partial charge in [-0.15, -0.1) is 0 Å². The van der Waals surface area contributed by atoms with Crippen molar-refractivity contribution in [1.29, 1.82) is 5.26 Å². The molecule has 0 radical (unpaired) electrons. The summed E-state index contributed by atoms with van der Waals surface area (Å²) in [5.41, 5.74) is 2.39. The molecule has 6 nitrogen and oxygen atoms in total. The Kier molecular flexibility index (Phi) is 5.65. The molecule has 0 aliphatic carbocycles. The molecular weight excluding hydrogens is 340 g/mol. The van der Waals surface area contributed by atoms with Crippen molar-refractivity contribution in [2.75, 3.05) is 17.2 Å². The van der Waals surface area contributed by atoms with Gasteiger partial charge >= 0.3 is 0 Å². The second-order valence-electron chi connectivity index (χ2n) is 5.63. The van der Waals surface area contributed by atoms with E-state index in [4.69, 9.17) is 10.00 Å². The molecular formula is C21H18N4O2. The molecule has 3 rings (SSSR count). The monoisotopic (exact) mass is 358 g/mol. The summed E-state index contributed by atoms with van der Waals surface area (Å²) < 4.78 is 5.59. The predicted octanol–water partition coefficient (Wildman–Crippen LogP) is 4.35. The number of hydrogen-bond donors (Lipinski definition) is 2. The first-order valence-electron chi connectivity index (χ1n) is 8.46. The van der Waals surface area contributed by atoms with Crippen molar-refractivity contribution >= 4 is 23.1 Å². The average molecular weight is 358 g/mol. The van der Waals surface area contributed by atoms with Crippen molar-refractivity contribution in [3.63, 3.8) is 0 Å². The van der Waals surface area contributed by atoms with E-state index in [1.807, 2.05) is 37.3 Å². The van der Waals surface area contributed by atoms with Gasteiger partial charge in [0, 0.05) is 17.4 Å². The quantitative estimate of drug-likeness (QED) is 0.684. The van der Waals surface area contributed by atoms with Gasteiger partial charge in [0.2, 0.25) is 0 Å². The number of pyridine rings is 1. The molecule has 0 saturated heterocycles. The number of benzene rings is 2. The van der Waals surface area contributed by atoms with Gasteiger partial charge in [0.15, 0.2) is 0 Å². The fourth-order valence-corrected chi connectivity index (χ4v) is 2.46. The Labute approximate surface area is 157 Å². The largest absolute Gasteiger partial charge is 0.492 e. The second kappa shape index (κ2) is 8.50. The number of hydrogen-bond acceptors (Lipinski definition) is 5. The van der Waals surface area contributed by atoms with Crippen LogP contribution in [0, 0.1) is 11.3 Å². The highest BCUT2D eigenvalue weighted by molar-refractivity contribution is 6.04. The molecule has 0 unspecified atom stereocenters. The van der Waals surface area contributed by atoms with Crippen molar-refractivity contribution in [1.82, 2.24) is 4.98 Å². The van der Waals surface area contributed by atoms with E-state index < -0.39 is 0 Å². The van der Waals surface area contributed by atoms with Crippen LogP contribution < -0.4 is 15.4 Å². The Hall–Kier alpha value is -3.85. The standard InChI is InChI=1S/C21H18N4O2/c1-2-27-19-6-4-3-5-18(19)25-20-13-16(11-12-23-20)21(26)24-17-9-7-15(14-22)8-10-17/h3-13H,2H2,1H3,(H,23,25)(H,24,26). The van der Waals surface area contributed by atoms with Crippen LogP contribution in [0.2, 0.25) is 0 Å². The first kappa shape index (κ1) is 18.0. The fraction of sp³-hybridized carbons (Fsp3) is 0.0952. The van der Waals surface area contributed by atoms with E-state index in [-0.39, 0.29) is 5.91 Å². The number of aromatic nitrogens is 1. The van der Waals surface area contributed by atoms with E-state index in [1.54, 1.807) is 42.6 Å². The number of amides is 1. The zero-order chi connectivity index (χ0) is 19.1. The van der Waals surface area contributed by atoms with Crippen LogP contribution in [0.5, 0.6) is 5.75 Å². The Morgan fingerprint density at radius 3 is 2.67 bits per heavy atom. The summed E-state index contributed by atoms with van der Waals surface area (Å²) in [6.07, 6.45) is 1.57. The van der Waals surface area contributed by atoms with Crippen LogP contribution in [-0.2, 0) is 0 Å². The molecule has 0 saturated carbocycles. The Balaban J connectivity index is 1.75. The summed E-state index contributed by atoms with van der Waals surface area (Å²) in [7, 11) is 0. The molecule has 2 N–H and O–H groups in total. The van der Waals surface area contributed by atoms with Crippen LogP contribution in [0.1, 0.15) is 22.8 Å². The molecule has 27 heavy (non-hydrogen) atoms. The third kappa shape index (κ3) is 4.61. The van der Waals surface area contributed by atoms with Crippen LogP contribution >= 0.6 is 0 Å². The number of nitriles is 1. The van der Waals surface area contributed by atoms with Gasteiger partial charge in [-0.1, -0.05) is 12.1 Å². The van der Waals surface area contributed by atoms with Crippen LogP contribution in [0.15, 0.2) is 66.9 Å². The SMILES string of the molecule is CCOc1ccccc1Nc1cc(C(=O)Nc2ccc(C#N)cc2)ccn1. The van der Waals surface area contributed by atoms with E-state index in [0.717, 1.165) is 5.69 Å². The molecule has 0 atom stereocenters. The average Bonchev–Trinajstić information content (AvgIpc) is 2.70. The fourth-order valence-electron chi connectivity index (χ4n) is 2.46. The molecule has 1 heterocycles. The molecule has 0 aliphatic heterocycles. The second-order valence-corrected chi connectivity index (χ2v) is 5.63. The molecule has 0 aliphatic rings. The molecule has 0 fully saturated rings. The number of para-hydroxylation sites is 2. The summed E-state index contributed by atoms with van der Waals surface area (Å²) in [4.78, 5) is 16.8. The molecule has 1 amide bonds. The van der Waals surface area contributed by atoms with Crippen LogP contribution in [0.25, 0.3) is 0 Å². The van der Waals surface area contributed by atoms with Gasteiger partial charge in [0.25, 0.3) is 5.91 Å². The zero-order valence-corrected chi connectivity index (χ0v) is 14.8. The first-order chi connectivity index (χ1) is 13.2. The Morgan fingerprint density at radius 1 is 1.15 bits per heavy atom. The van der Waals surface area contributed by atoms with Gasteiger partial charge in [0.1, 0.15) is 11.6 Å². The van der Waals surface area contributed by atoms with Crippen molar-refractivity contribution in [2.24, 2.45) is 0 Å². The highest BCUT2D eigenvalue weighted by atomic mass is 16.5. The lowest BCUT2D eigenvalue weighted by molar-refractivity contribution is 0.102. The van der Waals surface area contributed by atoms with Gasteiger partial charge in [-0.3, -0.25) is 4.79 Å². The summed E-state index contributed by atoms with van der Waals surface area (Å²) in [5.74, 6) is 0.993. The number of anilines is 3. The minimum Gasteiger partial charge on any atom is -0.492 e. The molecule has 2 aromatic carbocycles. The van der Waals surface area contributed by atoms with Crippen LogP contribution in [0.3, 0.4) is 0 Å². The van der Waals surface area contributed by atoms with E-state index >= 15 is 0 Å². The normalized spacial score (nSPS) is 9.93. The minimum atomic E-state index is -0.261. The maximum atomic E-state index is 12.5. The molecule has 3 aromatic rings. The van der Waals surface area contributed by atoms with E-state index in [2.05, 4.69) is 15.6 Å². The lowest BCUT2D eigenvalue weighted by atomic mass is 10.2. The Bertz CT molecular complexity index is 978. The van der Waals surface area contributed by atoms with Gasteiger partial charge in [-0.2, -0.15) is 5.26 Å². The van der Waals surface area contributed by atoms with Gasteiger partial charge < -0.3 is 15.4 Å². The van der Waals surface area contributed by atoms with Crippen molar-refractivity contribution < 1.29 is 9.53 Å². The summed E-state index contributed by atoms with van der Waals surface area (Å²) >= 11 is 0. The summed E-state index contributed by atoms with van der Waals surface area (Å²) in [5, 5.41) is 14.8. The molecule has 0 spiro atoms. The number of nitrogens with zero attached hydrogens (tertiary/aromatic N) is 2.